The van der Waals surface area contributed by atoms with Crippen LogP contribution in [0, 0.1) is 0 Å². The van der Waals surface area contributed by atoms with Gasteiger partial charge in [0.15, 0.2) is 6.61 Å². The Hall–Kier alpha value is -6.18. The lowest BCUT2D eigenvalue weighted by molar-refractivity contribution is -0.143. The van der Waals surface area contributed by atoms with E-state index >= 15 is 0 Å². The van der Waals surface area contributed by atoms with E-state index in [4.69, 9.17) is 9.47 Å². The van der Waals surface area contributed by atoms with Gasteiger partial charge in [-0.15, -0.1) is 0 Å². The number of carboxylic acid groups (broad SMARTS) is 1. The molecular weight excluding hydrogens is 781 g/mol. The van der Waals surface area contributed by atoms with Crippen LogP contribution in [0.5, 0.6) is 5.75 Å². The van der Waals surface area contributed by atoms with Crippen LogP contribution in [0.3, 0.4) is 0 Å². The maximum absolute atomic E-state index is 14.2. The summed E-state index contributed by atoms with van der Waals surface area (Å²) in [6, 6.07) is 19.5. The molecule has 0 aromatic heterocycles. The molecule has 0 saturated heterocycles. The predicted octanol–water partition coefficient (Wildman–Crippen LogP) is 7.74. The third kappa shape index (κ3) is 13.2. The lowest BCUT2D eigenvalue weighted by Crippen LogP contribution is -2.48. The number of urea groups is 1. The molecule has 1 aliphatic rings. The Morgan fingerprint density at radius 3 is 2.18 bits per heavy atom. The number of hydrogen-bond acceptors (Lipinski definition) is 9. The fourth-order valence-electron chi connectivity index (χ4n) is 7.32. The molecule has 3 aromatic carbocycles. The molecule has 0 aliphatic carbocycles. The zero-order valence-electron chi connectivity index (χ0n) is 36.0. The maximum Gasteiger partial charge on any atom is 0.343 e. The number of carbonyl (C=O) groups excluding carboxylic acids is 5. The van der Waals surface area contributed by atoms with Gasteiger partial charge in [-0.2, -0.15) is 0 Å². The van der Waals surface area contributed by atoms with Gasteiger partial charge in [0.25, 0.3) is 0 Å². The number of ether oxygens (including phenoxy) is 3. The van der Waals surface area contributed by atoms with E-state index in [1.807, 2.05) is 61.5 Å². The topological polar surface area (TPSA) is 181 Å². The average molecular weight is 841 g/mol. The molecule has 0 saturated carbocycles. The Kier molecular flexibility index (Phi) is 18.8. The summed E-state index contributed by atoms with van der Waals surface area (Å²) in [5.41, 5.74) is 3.45. The van der Waals surface area contributed by atoms with Crippen LogP contribution in [0.4, 0.5) is 4.79 Å². The first-order valence-electron chi connectivity index (χ1n) is 21.1. The number of aliphatic carboxylic acids is 1. The lowest BCUT2D eigenvalue weighted by Gasteiger charge is -2.35. The number of allylic oxidation sites excluding steroid dienone is 1. The second kappa shape index (κ2) is 24.2. The molecule has 4 rings (SSSR count). The van der Waals surface area contributed by atoms with Gasteiger partial charge in [-0.1, -0.05) is 107 Å². The summed E-state index contributed by atoms with van der Waals surface area (Å²) >= 11 is 0. The number of carboxylic acids is 1. The van der Waals surface area contributed by atoms with Gasteiger partial charge >= 0.3 is 23.9 Å². The van der Waals surface area contributed by atoms with E-state index in [-0.39, 0.29) is 35.8 Å². The summed E-state index contributed by atoms with van der Waals surface area (Å²) in [6.07, 6.45) is 6.61. The van der Waals surface area contributed by atoms with Crippen LogP contribution < -0.4 is 15.4 Å². The molecule has 1 heterocycles. The molecule has 14 heteroatoms. The first kappa shape index (κ1) is 47.5. The average Bonchev–Trinajstić information content (AvgIpc) is 3.27. The van der Waals surface area contributed by atoms with Gasteiger partial charge in [-0.05, 0) is 67.0 Å². The molecule has 0 radical (unpaired) electrons. The minimum atomic E-state index is -1.13. The van der Waals surface area contributed by atoms with Crippen LogP contribution in [0.25, 0.3) is 11.1 Å². The second-order valence-electron chi connectivity index (χ2n) is 14.9. The Labute approximate surface area is 358 Å². The van der Waals surface area contributed by atoms with Gasteiger partial charge in [0, 0.05) is 31.8 Å². The first-order chi connectivity index (χ1) is 29.4. The second-order valence-corrected chi connectivity index (χ2v) is 14.9. The number of nitrogens with zero attached hydrogens (tertiary/aromatic N) is 2. The van der Waals surface area contributed by atoms with E-state index in [9.17, 15) is 33.9 Å². The quantitative estimate of drug-likeness (QED) is 0.0596. The smallest absolute Gasteiger partial charge is 0.343 e. The molecule has 4 amide bonds. The third-order valence-electron chi connectivity index (χ3n) is 10.7. The van der Waals surface area contributed by atoms with Crippen molar-refractivity contribution >= 4 is 35.8 Å². The molecule has 2 atom stereocenters. The molecule has 1 aliphatic heterocycles. The Morgan fingerprint density at radius 1 is 0.836 bits per heavy atom. The Morgan fingerprint density at radius 2 is 1.52 bits per heavy atom. The summed E-state index contributed by atoms with van der Waals surface area (Å²) in [4.78, 5) is 82.0. The zero-order chi connectivity index (χ0) is 44.3. The van der Waals surface area contributed by atoms with Gasteiger partial charge in [0.05, 0.1) is 25.8 Å². The molecule has 0 bridgehead atoms. The van der Waals surface area contributed by atoms with Crippen LogP contribution in [-0.4, -0.2) is 91.1 Å². The number of carbonyl (C=O) groups is 6. The minimum absolute atomic E-state index is 0.0157. The van der Waals surface area contributed by atoms with Crippen molar-refractivity contribution in [2.45, 2.75) is 97.1 Å². The van der Waals surface area contributed by atoms with Gasteiger partial charge in [0.1, 0.15) is 17.4 Å². The van der Waals surface area contributed by atoms with Gasteiger partial charge in [-0.25, -0.2) is 19.2 Å². The van der Waals surface area contributed by atoms with Gasteiger partial charge < -0.3 is 34.9 Å². The molecule has 61 heavy (non-hydrogen) atoms. The van der Waals surface area contributed by atoms with E-state index in [1.165, 1.54) is 31.3 Å². The monoisotopic (exact) mass is 840 g/mol. The molecule has 3 aromatic rings. The molecule has 0 spiro atoms. The summed E-state index contributed by atoms with van der Waals surface area (Å²) < 4.78 is 15.2. The molecule has 14 nitrogen and oxygen atoms in total. The number of hydrogen-bond donors (Lipinski definition) is 3. The van der Waals surface area contributed by atoms with Crippen LogP contribution >= 0.6 is 0 Å². The number of rotatable bonds is 24. The van der Waals surface area contributed by atoms with Gasteiger partial charge in [0.2, 0.25) is 11.8 Å². The van der Waals surface area contributed by atoms with Crippen molar-refractivity contribution in [1.82, 2.24) is 20.4 Å². The zero-order valence-corrected chi connectivity index (χ0v) is 36.0. The van der Waals surface area contributed by atoms with Crippen molar-refractivity contribution in [3.8, 4) is 16.9 Å². The largest absolute Gasteiger partial charge is 0.481 e. The normalized spacial score (nSPS) is 14.1. The van der Waals surface area contributed by atoms with Crippen LogP contribution in [0.2, 0.25) is 0 Å². The fourth-order valence-corrected chi connectivity index (χ4v) is 7.32. The SMILES string of the molecule is CCCCCCN(C(=O)CCCCCN1C(=O)NC(c2ccc(-c3ccccc3)cc2)C(C(=O)O)=C1C)C(C(=O)NCCCC)c1ccc(OCC(=O)OC)c(C(=O)OC)c1. The van der Waals surface area contributed by atoms with E-state index in [0.29, 0.717) is 55.6 Å². The third-order valence-corrected chi connectivity index (χ3v) is 10.7. The predicted molar refractivity (Wildman–Crippen MR) is 230 cm³/mol. The maximum atomic E-state index is 14.2. The summed E-state index contributed by atoms with van der Waals surface area (Å²) in [6.45, 7) is 6.22. The molecule has 2 unspecified atom stereocenters. The highest BCUT2D eigenvalue weighted by atomic mass is 16.6. The van der Waals surface area contributed by atoms with E-state index in [0.717, 1.165) is 43.2 Å². The van der Waals surface area contributed by atoms with Crippen LogP contribution in [0.1, 0.15) is 119 Å². The molecule has 328 valence electrons. The highest BCUT2D eigenvalue weighted by molar-refractivity contribution is 5.95. The fraction of sp³-hybridized carbons (Fsp3) is 0.447. The summed E-state index contributed by atoms with van der Waals surface area (Å²) in [5, 5.41) is 16.1. The summed E-state index contributed by atoms with van der Waals surface area (Å²) in [7, 11) is 2.43. The first-order valence-corrected chi connectivity index (χ1v) is 21.1. The molecule has 0 fully saturated rings. The van der Waals surface area contributed by atoms with E-state index < -0.39 is 48.5 Å². The number of amides is 4. The number of methoxy groups -OCH3 is 2. The Bertz CT molecular complexity index is 2000. The van der Waals surface area contributed by atoms with Crippen molar-refractivity contribution < 1.29 is 48.1 Å². The van der Waals surface area contributed by atoms with E-state index in [1.54, 1.807) is 17.9 Å². The molecule has 3 N–H and O–H groups in total. The number of nitrogens with one attached hydrogen (secondary N) is 2. The minimum Gasteiger partial charge on any atom is -0.481 e. The standard InChI is InChI=1S/C47H60N4O10/c1-6-8-10-16-29-51(43(44(54)48-27-9-7-2)36-25-26-38(61-31-40(53)59-4)37(30-36)46(57)60-5)39(52)20-15-12-17-28-50-32(3)41(45(55)56)42(49-47(50)58)35-23-21-34(22-24-35)33-18-13-11-14-19-33/h11,13-14,18-19,21-26,30,42-43H,6-10,12,15-17,20,27-29,31H2,1-5H3,(H,48,54)(H,49,58)(H,55,56). The van der Waals surface area contributed by atoms with Crippen molar-refractivity contribution in [3.63, 3.8) is 0 Å². The highest BCUT2D eigenvalue weighted by Crippen LogP contribution is 2.33. The summed E-state index contributed by atoms with van der Waals surface area (Å²) in [5.74, 6) is -3.11. The Balaban J connectivity index is 1.50. The van der Waals surface area contributed by atoms with E-state index in [2.05, 4.69) is 22.3 Å². The van der Waals surface area contributed by atoms with Crippen molar-refractivity contribution in [1.29, 1.82) is 0 Å². The lowest BCUT2D eigenvalue weighted by atomic mass is 9.93. The highest BCUT2D eigenvalue weighted by Gasteiger charge is 2.36. The van der Waals surface area contributed by atoms with Crippen LogP contribution in [0.15, 0.2) is 84.1 Å². The number of unbranched alkanes of at least 4 members (excludes halogenated alkanes) is 6. The number of benzene rings is 3. The van der Waals surface area contributed by atoms with Crippen molar-refractivity contribution in [2.75, 3.05) is 40.5 Å². The molecular formula is C47H60N4O10. The van der Waals surface area contributed by atoms with Crippen LogP contribution in [-0.2, 0) is 28.7 Å². The number of esters is 2. The van der Waals surface area contributed by atoms with Crippen molar-refractivity contribution in [3.05, 3.63) is 101 Å². The van der Waals surface area contributed by atoms with Crippen molar-refractivity contribution in [2.24, 2.45) is 0 Å². The van der Waals surface area contributed by atoms with Gasteiger partial charge in [-0.3, -0.25) is 14.5 Å².